The molecule has 0 bridgehead atoms. The highest BCUT2D eigenvalue weighted by Gasteiger charge is 2.09. The number of nitrogens with two attached hydrogens (primary N) is 2. The summed E-state index contributed by atoms with van der Waals surface area (Å²) in [6, 6.07) is 4.81. The molecule has 1 aromatic carbocycles. The molecule has 16 heavy (non-hydrogen) atoms. The lowest BCUT2D eigenvalue weighted by Crippen LogP contribution is -2.13. The van der Waals surface area contributed by atoms with E-state index in [9.17, 15) is 4.79 Å². The average Bonchev–Trinajstić information content (AvgIpc) is 2.64. The summed E-state index contributed by atoms with van der Waals surface area (Å²) in [5.74, 6) is -0.110. The van der Waals surface area contributed by atoms with E-state index in [1.807, 2.05) is 0 Å². The molecule has 1 heterocycles. The molecule has 2 aromatic rings. The number of anilines is 1. The van der Waals surface area contributed by atoms with Crippen molar-refractivity contribution < 1.29 is 4.79 Å². The molecular formula is C9H10N6O. The van der Waals surface area contributed by atoms with Crippen LogP contribution >= 0.6 is 0 Å². The molecule has 0 aliphatic rings. The van der Waals surface area contributed by atoms with Crippen LogP contribution in [-0.2, 0) is 7.05 Å². The first-order valence-electron chi connectivity index (χ1n) is 4.51. The van der Waals surface area contributed by atoms with Crippen molar-refractivity contribution in [1.29, 1.82) is 0 Å². The van der Waals surface area contributed by atoms with Crippen molar-refractivity contribution in [3.8, 4) is 11.4 Å². The molecule has 0 atom stereocenters. The molecule has 0 aliphatic carbocycles. The molecule has 0 saturated heterocycles. The molecule has 1 amide bonds. The van der Waals surface area contributed by atoms with Crippen molar-refractivity contribution in [1.82, 2.24) is 20.2 Å². The maximum Gasteiger partial charge on any atom is 0.250 e. The second kappa shape index (κ2) is 3.61. The number of nitrogens with zero attached hydrogens (tertiary/aromatic N) is 4. The molecule has 2 rings (SSSR count). The van der Waals surface area contributed by atoms with Crippen LogP contribution in [0.5, 0.6) is 0 Å². The molecule has 0 saturated carbocycles. The quantitative estimate of drug-likeness (QED) is 0.663. The molecule has 1 aromatic heterocycles. The van der Waals surface area contributed by atoms with Gasteiger partial charge in [-0.25, -0.2) is 0 Å². The summed E-state index contributed by atoms with van der Waals surface area (Å²) in [5, 5.41) is 11.6. The Kier molecular flexibility index (Phi) is 2.28. The largest absolute Gasteiger partial charge is 0.398 e. The van der Waals surface area contributed by atoms with Crippen molar-refractivity contribution in [2.75, 3.05) is 5.73 Å². The van der Waals surface area contributed by atoms with E-state index in [2.05, 4.69) is 15.4 Å². The zero-order chi connectivity index (χ0) is 11.7. The van der Waals surface area contributed by atoms with Crippen molar-refractivity contribution in [2.45, 2.75) is 0 Å². The van der Waals surface area contributed by atoms with Gasteiger partial charge in [0.15, 0.2) is 0 Å². The van der Waals surface area contributed by atoms with Crippen LogP contribution in [0.1, 0.15) is 10.4 Å². The second-order valence-corrected chi connectivity index (χ2v) is 3.27. The number of aryl methyl sites for hydroxylation is 1. The summed E-state index contributed by atoms with van der Waals surface area (Å²) in [6.45, 7) is 0. The lowest BCUT2D eigenvalue weighted by molar-refractivity contribution is 0.100. The van der Waals surface area contributed by atoms with E-state index in [0.29, 0.717) is 17.1 Å². The van der Waals surface area contributed by atoms with E-state index in [0.717, 1.165) is 0 Å². The van der Waals surface area contributed by atoms with Gasteiger partial charge in [-0.15, -0.1) is 10.2 Å². The van der Waals surface area contributed by atoms with Crippen LogP contribution in [0.25, 0.3) is 11.4 Å². The maximum atomic E-state index is 11.0. The molecule has 0 unspecified atom stereocenters. The standard InChI is InChI=1S/C9H10N6O/c1-15-13-9(12-14-15)5-2-3-6(8(11)16)7(10)4-5/h2-4H,10H2,1H3,(H2,11,16). The number of carbonyl (C=O) groups excluding carboxylic acids is 1. The Hall–Kier alpha value is -2.44. The summed E-state index contributed by atoms with van der Waals surface area (Å²) in [6.07, 6.45) is 0. The van der Waals surface area contributed by atoms with E-state index < -0.39 is 5.91 Å². The predicted molar refractivity (Wildman–Crippen MR) is 57.2 cm³/mol. The lowest BCUT2D eigenvalue weighted by Gasteiger charge is -2.02. The van der Waals surface area contributed by atoms with Gasteiger partial charge in [-0.05, 0) is 17.3 Å². The fourth-order valence-corrected chi connectivity index (χ4v) is 1.33. The second-order valence-electron chi connectivity index (χ2n) is 3.27. The van der Waals surface area contributed by atoms with E-state index in [1.54, 1.807) is 25.2 Å². The molecule has 7 heteroatoms. The van der Waals surface area contributed by atoms with Crippen LogP contribution in [-0.4, -0.2) is 26.1 Å². The average molecular weight is 218 g/mol. The smallest absolute Gasteiger partial charge is 0.250 e. The fourth-order valence-electron chi connectivity index (χ4n) is 1.33. The zero-order valence-corrected chi connectivity index (χ0v) is 8.58. The highest BCUT2D eigenvalue weighted by atomic mass is 16.1. The van der Waals surface area contributed by atoms with Gasteiger partial charge in [-0.3, -0.25) is 4.79 Å². The van der Waals surface area contributed by atoms with Gasteiger partial charge in [-0.1, -0.05) is 6.07 Å². The van der Waals surface area contributed by atoms with Gasteiger partial charge in [0.05, 0.1) is 12.6 Å². The number of tetrazole rings is 1. The van der Waals surface area contributed by atoms with Gasteiger partial charge in [0.1, 0.15) is 0 Å². The minimum Gasteiger partial charge on any atom is -0.398 e. The molecule has 4 N–H and O–H groups in total. The van der Waals surface area contributed by atoms with E-state index in [1.165, 1.54) is 4.80 Å². The summed E-state index contributed by atoms with van der Waals surface area (Å²) >= 11 is 0. The Morgan fingerprint density at radius 3 is 2.69 bits per heavy atom. The number of hydrogen-bond acceptors (Lipinski definition) is 5. The SMILES string of the molecule is Cn1nnc(-c2ccc(C(N)=O)c(N)c2)n1. The number of rotatable bonds is 2. The first kappa shape index (κ1) is 10.1. The van der Waals surface area contributed by atoms with Gasteiger partial charge in [-0.2, -0.15) is 4.80 Å². The Labute approximate surface area is 91.0 Å². The number of carbonyl (C=O) groups is 1. The number of benzene rings is 1. The zero-order valence-electron chi connectivity index (χ0n) is 8.58. The third-order valence-electron chi connectivity index (χ3n) is 2.08. The fraction of sp³-hybridized carbons (Fsp3) is 0.111. The van der Waals surface area contributed by atoms with Crippen molar-refractivity contribution >= 4 is 11.6 Å². The lowest BCUT2D eigenvalue weighted by atomic mass is 10.1. The van der Waals surface area contributed by atoms with E-state index in [4.69, 9.17) is 11.5 Å². The van der Waals surface area contributed by atoms with Gasteiger partial charge < -0.3 is 11.5 Å². The van der Waals surface area contributed by atoms with Gasteiger partial charge in [0.25, 0.3) is 5.91 Å². The molecule has 82 valence electrons. The van der Waals surface area contributed by atoms with Crippen LogP contribution in [0.4, 0.5) is 5.69 Å². The number of primary amides is 1. The van der Waals surface area contributed by atoms with Crippen LogP contribution < -0.4 is 11.5 Å². The summed E-state index contributed by atoms with van der Waals surface area (Å²) in [5.41, 5.74) is 12.1. The first-order valence-corrected chi connectivity index (χ1v) is 4.51. The van der Waals surface area contributed by atoms with E-state index in [-0.39, 0.29) is 5.56 Å². The normalized spacial score (nSPS) is 10.3. The molecule has 0 radical (unpaired) electrons. The van der Waals surface area contributed by atoms with Gasteiger partial charge in [0, 0.05) is 11.3 Å². The highest BCUT2D eigenvalue weighted by Crippen LogP contribution is 2.20. The topological polar surface area (TPSA) is 113 Å². The van der Waals surface area contributed by atoms with Gasteiger partial charge >= 0.3 is 0 Å². The minimum atomic E-state index is -0.559. The summed E-state index contributed by atoms with van der Waals surface area (Å²) < 4.78 is 0. The molecule has 0 spiro atoms. The highest BCUT2D eigenvalue weighted by molar-refractivity contribution is 5.98. The number of aromatic nitrogens is 4. The van der Waals surface area contributed by atoms with Crippen molar-refractivity contribution in [3.05, 3.63) is 23.8 Å². The van der Waals surface area contributed by atoms with Gasteiger partial charge in [0.2, 0.25) is 5.82 Å². The van der Waals surface area contributed by atoms with Crippen LogP contribution in [0.2, 0.25) is 0 Å². The summed E-state index contributed by atoms with van der Waals surface area (Å²) in [4.78, 5) is 12.3. The third-order valence-corrected chi connectivity index (χ3v) is 2.08. The Morgan fingerprint density at radius 1 is 1.44 bits per heavy atom. The summed E-state index contributed by atoms with van der Waals surface area (Å²) in [7, 11) is 1.66. The van der Waals surface area contributed by atoms with Crippen LogP contribution in [0.15, 0.2) is 18.2 Å². The van der Waals surface area contributed by atoms with E-state index >= 15 is 0 Å². The molecule has 0 aliphatic heterocycles. The molecular weight excluding hydrogens is 208 g/mol. The number of nitrogen functional groups attached to an aromatic ring is 1. The van der Waals surface area contributed by atoms with Crippen LogP contribution in [0, 0.1) is 0 Å². The maximum absolute atomic E-state index is 11.0. The third kappa shape index (κ3) is 1.70. The minimum absolute atomic E-state index is 0.285. The van der Waals surface area contributed by atoms with Crippen molar-refractivity contribution in [2.24, 2.45) is 12.8 Å². The predicted octanol–water partition coefficient (Wildman–Crippen LogP) is -0.442. The molecule has 7 nitrogen and oxygen atoms in total. The number of hydrogen-bond donors (Lipinski definition) is 2. The number of amides is 1. The Morgan fingerprint density at radius 2 is 2.19 bits per heavy atom. The van der Waals surface area contributed by atoms with Crippen LogP contribution in [0.3, 0.4) is 0 Å². The Bertz CT molecular complexity index is 547. The Balaban J connectivity index is 2.45. The monoisotopic (exact) mass is 218 g/mol. The molecule has 0 fully saturated rings. The first-order chi connectivity index (χ1) is 7.58. The van der Waals surface area contributed by atoms with Crippen molar-refractivity contribution in [3.63, 3.8) is 0 Å².